The molecule has 0 aliphatic heterocycles. The Balaban J connectivity index is 3.24. The highest BCUT2D eigenvalue weighted by Gasteiger charge is 2.17. The lowest BCUT2D eigenvalue weighted by atomic mass is 10.3. The van der Waals surface area contributed by atoms with Crippen LogP contribution in [0.3, 0.4) is 0 Å². The molecule has 1 atom stereocenters. The lowest BCUT2D eigenvalue weighted by molar-refractivity contribution is -0.137. The topological polar surface area (TPSA) is 140 Å². The van der Waals surface area contributed by atoms with Crippen LogP contribution in [0.15, 0.2) is 9.97 Å². The predicted octanol–water partition coefficient (Wildman–Crippen LogP) is -0.355. The summed E-state index contributed by atoms with van der Waals surface area (Å²) in [5.74, 6) is -1.51. The first-order chi connectivity index (χ1) is 7.88. The highest BCUT2D eigenvalue weighted by molar-refractivity contribution is 5.76. The van der Waals surface area contributed by atoms with Crippen molar-refractivity contribution in [3.63, 3.8) is 0 Å². The third kappa shape index (κ3) is 2.38. The molecule has 4 N–H and O–H groups in total. The first kappa shape index (κ1) is 12.6. The Bertz CT molecular complexity index is 523. The number of hydrogen-bond donors (Lipinski definition) is 3. The molecule has 0 amide bonds. The summed E-state index contributed by atoms with van der Waals surface area (Å²) in [5, 5.41) is 13.6. The molecule has 0 saturated heterocycles. The van der Waals surface area contributed by atoms with E-state index in [9.17, 15) is 14.5 Å². The van der Waals surface area contributed by atoms with Gasteiger partial charge >= 0.3 is 5.97 Å². The largest absolute Gasteiger partial charge is 0.480 e. The standard InChI is InChI=1S/C8H11N5O4/c1-3(7(15)16)10-8-11-5(9)4(12-17)6(14)13(8)2/h3H,9H2,1-2H3,(H,10,11)(H,15,16)/t3-/m0/s1. The van der Waals surface area contributed by atoms with E-state index in [2.05, 4.69) is 15.5 Å². The summed E-state index contributed by atoms with van der Waals surface area (Å²) in [5.41, 5.74) is 4.11. The van der Waals surface area contributed by atoms with Crippen LogP contribution < -0.4 is 16.6 Å². The molecule has 0 spiro atoms. The second-order valence-electron chi connectivity index (χ2n) is 3.33. The molecule has 1 rings (SSSR count). The average molecular weight is 241 g/mol. The van der Waals surface area contributed by atoms with Crippen molar-refractivity contribution >= 4 is 23.4 Å². The molecule has 1 heterocycles. The average Bonchev–Trinajstić information content (AvgIpc) is 2.26. The fourth-order valence-electron chi connectivity index (χ4n) is 1.08. The highest BCUT2D eigenvalue weighted by Crippen LogP contribution is 2.15. The molecule has 9 nitrogen and oxygen atoms in total. The second-order valence-corrected chi connectivity index (χ2v) is 3.33. The fraction of sp³-hybridized carbons (Fsp3) is 0.375. The molecule has 9 heteroatoms. The van der Waals surface area contributed by atoms with Gasteiger partial charge in [-0.25, -0.2) is 0 Å². The molecule has 0 radical (unpaired) electrons. The third-order valence-corrected chi connectivity index (χ3v) is 2.10. The Labute approximate surface area is 95.2 Å². The Hall–Kier alpha value is -2.45. The number of carboxylic acids is 1. The number of nitrogens with two attached hydrogens (primary N) is 1. The Morgan fingerprint density at radius 2 is 2.24 bits per heavy atom. The number of nitrogen functional groups attached to an aromatic ring is 1. The highest BCUT2D eigenvalue weighted by atomic mass is 16.4. The van der Waals surface area contributed by atoms with Crippen LogP contribution in [0.2, 0.25) is 0 Å². The number of hydrogen-bond acceptors (Lipinski definition) is 7. The van der Waals surface area contributed by atoms with Gasteiger partial charge in [0.2, 0.25) is 11.6 Å². The van der Waals surface area contributed by atoms with Gasteiger partial charge in [0.25, 0.3) is 5.56 Å². The van der Waals surface area contributed by atoms with Gasteiger partial charge in [-0.3, -0.25) is 14.2 Å². The van der Waals surface area contributed by atoms with Gasteiger partial charge in [-0.15, -0.1) is 4.91 Å². The molecular formula is C8H11N5O4. The summed E-state index contributed by atoms with van der Waals surface area (Å²) in [6.45, 7) is 1.37. The molecule has 0 unspecified atom stereocenters. The number of nitrogens with one attached hydrogen (secondary N) is 1. The van der Waals surface area contributed by atoms with Gasteiger partial charge in [0, 0.05) is 7.05 Å². The van der Waals surface area contributed by atoms with Gasteiger partial charge in [-0.05, 0) is 12.1 Å². The number of anilines is 2. The first-order valence-electron chi connectivity index (χ1n) is 4.57. The number of nitrogens with zero attached hydrogens (tertiary/aromatic N) is 3. The van der Waals surface area contributed by atoms with Crippen LogP contribution in [-0.2, 0) is 11.8 Å². The number of rotatable bonds is 4. The maximum atomic E-state index is 11.6. The van der Waals surface area contributed by atoms with E-state index in [1.54, 1.807) is 0 Å². The van der Waals surface area contributed by atoms with Crippen LogP contribution in [0.5, 0.6) is 0 Å². The molecule has 0 fully saturated rings. The van der Waals surface area contributed by atoms with Crippen LogP contribution >= 0.6 is 0 Å². The van der Waals surface area contributed by atoms with Crippen molar-refractivity contribution in [1.82, 2.24) is 9.55 Å². The summed E-state index contributed by atoms with van der Waals surface area (Å²) in [7, 11) is 1.32. The molecule has 17 heavy (non-hydrogen) atoms. The lowest BCUT2D eigenvalue weighted by Gasteiger charge is -2.13. The van der Waals surface area contributed by atoms with Crippen molar-refractivity contribution in [2.75, 3.05) is 11.1 Å². The SMILES string of the molecule is C[C@H](Nc1nc(N)c(N=O)c(=O)n1C)C(=O)O. The Kier molecular flexibility index (Phi) is 3.41. The van der Waals surface area contributed by atoms with Gasteiger partial charge in [-0.2, -0.15) is 4.98 Å². The van der Waals surface area contributed by atoms with Gasteiger partial charge in [0.1, 0.15) is 6.04 Å². The van der Waals surface area contributed by atoms with Gasteiger partial charge < -0.3 is 16.2 Å². The van der Waals surface area contributed by atoms with E-state index in [1.165, 1.54) is 14.0 Å². The minimum Gasteiger partial charge on any atom is -0.480 e. The van der Waals surface area contributed by atoms with Crippen LogP contribution in [0.25, 0.3) is 0 Å². The minimum absolute atomic E-state index is 0.0465. The van der Waals surface area contributed by atoms with E-state index >= 15 is 0 Å². The molecule has 0 bridgehead atoms. The van der Waals surface area contributed by atoms with Crippen molar-refractivity contribution < 1.29 is 9.90 Å². The van der Waals surface area contributed by atoms with Crippen LogP contribution in [0, 0.1) is 4.91 Å². The summed E-state index contributed by atoms with van der Waals surface area (Å²) in [6, 6.07) is -0.956. The third-order valence-electron chi connectivity index (χ3n) is 2.10. The lowest BCUT2D eigenvalue weighted by Crippen LogP contribution is -2.31. The number of carbonyl (C=O) groups is 1. The van der Waals surface area contributed by atoms with Gasteiger partial charge in [-0.1, -0.05) is 0 Å². The van der Waals surface area contributed by atoms with Crippen LogP contribution in [0.4, 0.5) is 17.5 Å². The monoisotopic (exact) mass is 241 g/mol. The maximum Gasteiger partial charge on any atom is 0.325 e. The molecule has 0 aliphatic rings. The maximum absolute atomic E-state index is 11.6. The smallest absolute Gasteiger partial charge is 0.325 e. The molecule has 0 saturated carbocycles. The van der Waals surface area contributed by atoms with Crippen LogP contribution in [-0.4, -0.2) is 26.7 Å². The van der Waals surface area contributed by atoms with Crippen LogP contribution in [0.1, 0.15) is 6.92 Å². The van der Waals surface area contributed by atoms with E-state index in [0.29, 0.717) is 0 Å². The summed E-state index contributed by atoms with van der Waals surface area (Å²) in [4.78, 5) is 36.2. The Morgan fingerprint density at radius 1 is 1.65 bits per heavy atom. The van der Waals surface area contributed by atoms with Gasteiger partial charge in [0.15, 0.2) is 5.82 Å². The predicted molar refractivity (Wildman–Crippen MR) is 60.1 cm³/mol. The number of aromatic nitrogens is 2. The molecule has 0 aliphatic carbocycles. The van der Waals surface area contributed by atoms with E-state index in [4.69, 9.17) is 10.8 Å². The quantitative estimate of drug-likeness (QED) is 0.611. The zero-order valence-corrected chi connectivity index (χ0v) is 9.17. The zero-order chi connectivity index (χ0) is 13.2. The summed E-state index contributed by atoms with van der Waals surface area (Å²) >= 11 is 0. The van der Waals surface area contributed by atoms with E-state index < -0.39 is 23.3 Å². The first-order valence-corrected chi connectivity index (χ1v) is 4.57. The van der Waals surface area contributed by atoms with Gasteiger partial charge in [0.05, 0.1) is 0 Å². The van der Waals surface area contributed by atoms with Crippen molar-refractivity contribution in [2.45, 2.75) is 13.0 Å². The summed E-state index contributed by atoms with van der Waals surface area (Å²) < 4.78 is 0.965. The normalized spacial score (nSPS) is 11.9. The molecule has 1 aromatic heterocycles. The number of nitroso groups, excluding NO2 is 1. The van der Waals surface area contributed by atoms with Crippen molar-refractivity contribution in [2.24, 2.45) is 12.2 Å². The van der Waals surface area contributed by atoms with Crippen molar-refractivity contribution in [3.05, 3.63) is 15.3 Å². The molecule has 0 aromatic carbocycles. The van der Waals surface area contributed by atoms with E-state index in [1.807, 2.05) is 0 Å². The van der Waals surface area contributed by atoms with E-state index in [-0.39, 0.29) is 11.8 Å². The minimum atomic E-state index is -1.12. The molecule has 92 valence electrons. The zero-order valence-electron chi connectivity index (χ0n) is 9.17. The van der Waals surface area contributed by atoms with Crippen molar-refractivity contribution in [1.29, 1.82) is 0 Å². The Morgan fingerprint density at radius 3 is 2.71 bits per heavy atom. The second kappa shape index (κ2) is 4.60. The van der Waals surface area contributed by atoms with Crippen molar-refractivity contribution in [3.8, 4) is 0 Å². The van der Waals surface area contributed by atoms with E-state index in [0.717, 1.165) is 4.57 Å². The number of carboxylic acid groups (broad SMARTS) is 1. The fourth-order valence-corrected chi connectivity index (χ4v) is 1.08. The molecule has 1 aromatic rings. The summed E-state index contributed by atoms with van der Waals surface area (Å²) in [6.07, 6.45) is 0. The molecular weight excluding hydrogens is 230 g/mol. The number of aliphatic carboxylic acids is 1.